The van der Waals surface area contributed by atoms with Gasteiger partial charge < -0.3 is 28.8 Å². The van der Waals surface area contributed by atoms with Crippen molar-refractivity contribution >= 4 is 31.9 Å². The number of alkyl halides is 2. The second-order valence-corrected chi connectivity index (χ2v) is 20.7. The summed E-state index contributed by atoms with van der Waals surface area (Å²) < 4.78 is 31.9. The highest BCUT2D eigenvalue weighted by atomic mass is 79.9. The van der Waals surface area contributed by atoms with Crippen molar-refractivity contribution in [2.24, 2.45) is 0 Å². The third-order valence-corrected chi connectivity index (χ3v) is 15.0. The fraction of sp³-hybridized carbons (Fsp3) is 0.518. The number of nitrogens with zero attached hydrogens (tertiary/aromatic N) is 3. The molecule has 67 heavy (non-hydrogen) atoms. The molecule has 0 spiro atoms. The Hall–Kier alpha value is -4.35. The summed E-state index contributed by atoms with van der Waals surface area (Å²) in [5.41, 5.74) is 3.09. The highest BCUT2D eigenvalue weighted by molar-refractivity contribution is 9.09. The third kappa shape index (κ3) is 15.1. The number of hydrogen-bond donors (Lipinski definition) is 1. The Bertz CT molecular complexity index is 2290. The van der Waals surface area contributed by atoms with Crippen LogP contribution in [0.2, 0.25) is 0 Å². The lowest BCUT2D eigenvalue weighted by atomic mass is 9.97. The second-order valence-electron chi connectivity index (χ2n) is 18.3. The summed E-state index contributed by atoms with van der Waals surface area (Å²) in [6.07, 6.45) is 23.6. The number of aryl methyl sites for hydroxylation is 1. The molecule has 1 N–H and O–H groups in total. The van der Waals surface area contributed by atoms with Crippen LogP contribution in [-0.2, 0) is 0 Å². The molecule has 5 aromatic rings. The van der Waals surface area contributed by atoms with Crippen LogP contribution in [0, 0.1) is 6.92 Å². The molecule has 360 valence electrons. The van der Waals surface area contributed by atoms with Crippen molar-refractivity contribution in [2.45, 2.75) is 171 Å². The van der Waals surface area contributed by atoms with E-state index in [1.807, 2.05) is 60.7 Å². The first-order valence-electron chi connectivity index (χ1n) is 25.3. The normalized spacial score (nSPS) is 18.3. The van der Waals surface area contributed by atoms with Crippen LogP contribution in [0.25, 0.3) is 34.2 Å². The number of benzene rings is 4. The smallest absolute Gasteiger partial charge is 0.169 e. The monoisotopic (exact) mass is 1040 g/mol. The Balaban J connectivity index is 1.13. The summed E-state index contributed by atoms with van der Waals surface area (Å²) in [5, 5.41) is 11.7. The van der Waals surface area contributed by atoms with E-state index in [9.17, 15) is 5.11 Å². The minimum atomic E-state index is -0.0214. The number of ether oxygens (including phenoxy) is 5. The third-order valence-electron chi connectivity index (χ3n) is 12.9. The fourth-order valence-corrected chi connectivity index (χ4v) is 10.3. The molecule has 0 radical (unpaired) electrons. The van der Waals surface area contributed by atoms with Crippen LogP contribution in [0.4, 0.5) is 0 Å². The number of phenols is 1. The molecule has 9 nitrogen and oxygen atoms in total. The van der Waals surface area contributed by atoms with Crippen molar-refractivity contribution in [3.63, 3.8) is 0 Å². The van der Waals surface area contributed by atoms with E-state index in [1.54, 1.807) is 12.1 Å². The maximum Gasteiger partial charge on any atom is 0.169 e. The highest BCUT2D eigenvalue weighted by Gasteiger charge is 2.26. The minimum absolute atomic E-state index is 0.0214. The molecule has 2 fully saturated rings. The molecule has 0 aliphatic heterocycles. The molecule has 0 saturated heterocycles. The van der Waals surface area contributed by atoms with Crippen molar-refractivity contribution in [1.82, 2.24) is 15.0 Å². The van der Waals surface area contributed by atoms with Crippen molar-refractivity contribution in [3.05, 3.63) is 84.4 Å². The Labute approximate surface area is 416 Å². The largest absolute Gasteiger partial charge is 0.507 e. The zero-order chi connectivity index (χ0) is 46.8. The molecule has 2 saturated carbocycles. The Morgan fingerprint density at radius 1 is 0.507 bits per heavy atom. The molecule has 2 aliphatic carbocycles. The average Bonchev–Trinajstić information content (AvgIpc) is 3.33. The molecule has 7 rings (SSSR count). The average molecular weight is 1040 g/mol. The summed E-state index contributed by atoms with van der Waals surface area (Å²) >= 11 is 7.67. The number of rotatable bonds is 25. The lowest BCUT2D eigenvalue weighted by molar-refractivity contribution is 0.163. The number of halogens is 2. The summed E-state index contributed by atoms with van der Waals surface area (Å²) in [6, 6.07) is 25.0. The van der Waals surface area contributed by atoms with Crippen LogP contribution in [-0.4, -0.2) is 55.1 Å². The predicted octanol–water partition coefficient (Wildman–Crippen LogP) is 16.3. The lowest BCUT2D eigenvalue weighted by Crippen LogP contribution is -2.30. The van der Waals surface area contributed by atoms with Gasteiger partial charge in [-0.25, -0.2) is 15.0 Å². The van der Waals surface area contributed by atoms with Crippen LogP contribution in [0.1, 0.15) is 148 Å². The number of phenolic OH excluding ortho intramolecular Hbond substituents is 1. The van der Waals surface area contributed by atoms with Crippen LogP contribution in [0.3, 0.4) is 0 Å². The number of aromatic nitrogens is 3. The van der Waals surface area contributed by atoms with E-state index in [2.05, 4.69) is 58.7 Å². The van der Waals surface area contributed by atoms with Crippen LogP contribution in [0.15, 0.2) is 78.9 Å². The zero-order valence-corrected chi connectivity index (χ0v) is 43.1. The van der Waals surface area contributed by atoms with Gasteiger partial charge in [0.15, 0.2) is 29.0 Å². The van der Waals surface area contributed by atoms with E-state index < -0.39 is 0 Å². The highest BCUT2D eigenvalue weighted by Crippen LogP contribution is 2.40. The van der Waals surface area contributed by atoms with Gasteiger partial charge in [0.05, 0.1) is 28.4 Å². The first-order chi connectivity index (χ1) is 32.8. The topological polar surface area (TPSA) is 105 Å². The molecule has 0 bridgehead atoms. The van der Waals surface area contributed by atoms with E-state index >= 15 is 0 Å². The van der Waals surface area contributed by atoms with E-state index in [-0.39, 0.29) is 18.0 Å². The summed E-state index contributed by atoms with van der Waals surface area (Å²) in [7, 11) is 0. The van der Waals surface area contributed by atoms with E-state index in [1.165, 1.54) is 77.0 Å². The maximum atomic E-state index is 11.7. The number of unbranched alkanes of at least 4 members (excludes halogenated alkanes) is 10. The van der Waals surface area contributed by atoms with Gasteiger partial charge in [-0.2, -0.15) is 0 Å². The van der Waals surface area contributed by atoms with Crippen LogP contribution in [0.5, 0.6) is 40.2 Å². The van der Waals surface area contributed by atoms with E-state index in [0.717, 1.165) is 85.3 Å². The van der Waals surface area contributed by atoms with Gasteiger partial charge in [-0.3, -0.25) is 0 Å². The van der Waals surface area contributed by atoms with Crippen molar-refractivity contribution in [1.29, 1.82) is 0 Å². The molecule has 11 heteroatoms. The Morgan fingerprint density at radius 2 is 1.03 bits per heavy atom. The molecular formula is C56H71Br2N3O6. The zero-order valence-electron chi connectivity index (χ0n) is 40.0. The minimum Gasteiger partial charge on any atom is -0.507 e. The number of aromatic hydroxyl groups is 1. The van der Waals surface area contributed by atoms with E-state index in [4.69, 9.17) is 38.6 Å². The van der Waals surface area contributed by atoms with E-state index in [0.29, 0.717) is 63.2 Å². The first kappa shape index (κ1) is 50.5. The quantitative estimate of drug-likeness (QED) is 0.0452. The Morgan fingerprint density at radius 3 is 1.66 bits per heavy atom. The molecular weight excluding hydrogens is 970 g/mol. The SMILES string of the molecule is CCCCCCCCOc1ccc(Oc2ccc(-c3nc(-c4ccc(OC5CCCCC5Br)cc4)nc(-c4ccc(OC5CCCCC5Br)cc4C)n3)c(O)c2)c(OCCCCCCCC)c1. The fourth-order valence-electron chi connectivity index (χ4n) is 8.91. The molecule has 4 unspecified atom stereocenters. The second kappa shape index (κ2) is 26.4. The van der Waals surface area contributed by atoms with Crippen LogP contribution < -0.4 is 23.7 Å². The summed E-state index contributed by atoms with van der Waals surface area (Å²) in [4.78, 5) is 15.7. The molecule has 4 aromatic carbocycles. The maximum absolute atomic E-state index is 11.7. The van der Waals surface area contributed by atoms with Crippen LogP contribution >= 0.6 is 31.9 Å². The van der Waals surface area contributed by atoms with Gasteiger partial charge in [-0.15, -0.1) is 0 Å². The van der Waals surface area contributed by atoms with Gasteiger partial charge in [0.2, 0.25) is 0 Å². The van der Waals surface area contributed by atoms with Gasteiger partial charge in [0.1, 0.15) is 41.0 Å². The predicted molar refractivity (Wildman–Crippen MR) is 278 cm³/mol. The molecule has 0 amide bonds. The van der Waals surface area contributed by atoms with Crippen molar-refractivity contribution in [3.8, 4) is 74.4 Å². The van der Waals surface area contributed by atoms with Gasteiger partial charge in [0, 0.05) is 23.3 Å². The molecule has 2 aliphatic rings. The lowest BCUT2D eigenvalue weighted by Gasteiger charge is -2.28. The van der Waals surface area contributed by atoms with Gasteiger partial charge >= 0.3 is 0 Å². The first-order valence-corrected chi connectivity index (χ1v) is 27.1. The van der Waals surface area contributed by atoms with Gasteiger partial charge in [-0.05, 0) is 131 Å². The van der Waals surface area contributed by atoms with Crippen molar-refractivity contribution in [2.75, 3.05) is 13.2 Å². The van der Waals surface area contributed by atoms with Gasteiger partial charge in [0.25, 0.3) is 0 Å². The molecule has 1 heterocycles. The number of hydrogen-bond acceptors (Lipinski definition) is 9. The van der Waals surface area contributed by atoms with Gasteiger partial charge in [-0.1, -0.05) is 123 Å². The molecule has 1 aromatic heterocycles. The summed E-state index contributed by atoms with van der Waals surface area (Å²) in [5.74, 6) is 5.31. The molecule has 4 atom stereocenters. The summed E-state index contributed by atoms with van der Waals surface area (Å²) in [6.45, 7) is 7.77. The van der Waals surface area contributed by atoms with Crippen molar-refractivity contribution < 1.29 is 28.8 Å². The Kier molecular flexibility index (Phi) is 19.9. The standard InChI is InChI=1S/C56H71Br2N3O6/c1-4-6-8-10-12-18-34-63-42-30-33-52(53(38-42)64-35-19-13-11-9-7-5-2)67-44-29-32-46(49(62)37-44)56-60-54(40-24-26-41(27-25-40)65-50-22-16-14-20-47(50)57)59-55(61-56)45-31-28-43(36-39(45)3)66-51-23-17-15-21-48(51)58/h24-33,36-38,47-48,50-51,62H,4-23,34-35H2,1-3H3.